The molecule has 0 rings (SSSR count). The van der Waals surface area contributed by atoms with Gasteiger partial charge in [-0.25, -0.2) is 4.79 Å². The molecule has 1 N–H and O–H groups in total. The number of rotatable bonds is 7. The maximum Gasteiger partial charge on any atom is 0.331 e. The van der Waals surface area contributed by atoms with Crippen LogP contribution in [-0.4, -0.2) is 11.1 Å². The molecule has 0 aliphatic carbocycles. The molecule has 0 radical (unpaired) electrons. The number of hydrogen-bond donors (Lipinski definition) is 1. The molecule has 0 fully saturated rings. The van der Waals surface area contributed by atoms with Gasteiger partial charge in [-0.15, -0.1) is 0 Å². The highest BCUT2D eigenvalue weighted by Crippen LogP contribution is 2.21. The summed E-state index contributed by atoms with van der Waals surface area (Å²) >= 11 is 0. The minimum Gasteiger partial charge on any atom is -0.478 e. The Morgan fingerprint density at radius 2 is 2.07 bits per heavy atom. The van der Waals surface area contributed by atoms with Crippen LogP contribution in [0.1, 0.15) is 52.9 Å². The third-order valence-corrected chi connectivity index (χ3v) is 2.68. The van der Waals surface area contributed by atoms with Crippen molar-refractivity contribution in [3.63, 3.8) is 0 Å². The summed E-state index contributed by atoms with van der Waals surface area (Å²) in [6, 6.07) is 0. The molecule has 1 unspecified atom stereocenters. The first-order valence-corrected chi connectivity index (χ1v) is 5.54. The molecule has 0 bridgehead atoms. The van der Waals surface area contributed by atoms with E-state index < -0.39 is 5.97 Å². The molecule has 0 aliphatic rings. The normalized spacial score (nSPS) is 14.1. The molecule has 0 aromatic rings. The van der Waals surface area contributed by atoms with Gasteiger partial charge in [0.25, 0.3) is 0 Å². The molecule has 14 heavy (non-hydrogen) atoms. The van der Waals surface area contributed by atoms with Crippen LogP contribution in [0.5, 0.6) is 0 Å². The van der Waals surface area contributed by atoms with Crippen LogP contribution in [0.15, 0.2) is 11.6 Å². The van der Waals surface area contributed by atoms with Crippen molar-refractivity contribution in [2.24, 2.45) is 5.92 Å². The average Bonchev–Trinajstić information content (AvgIpc) is 2.18. The SMILES string of the molecule is CC=C(CC(CC)CCCC)C(=O)O. The van der Waals surface area contributed by atoms with Crippen molar-refractivity contribution in [2.45, 2.75) is 52.9 Å². The number of carbonyl (C=O) groups is 1. The smallest absolute Gasteiger partial charge is 0.331 e. The second kappa shape index (κ2) is 7.60. The number of aliphatic carboxylic acids is 1. The van der Waals surface area contributed by atoms with E-state index in [0.717, 1.165) is 19.3 Å². The molecule has 0 aliphatic heterocycles. The maximum atomic E-state index is 10.8. The number of carboxylic acids is 1. The largest absolute Gasteiger partial charge is 0.478 e. The van der Waals surface area contributed by atoms with E-state index in [-0.39, 0.29) is 0 Å². The summed E-state index contributed by atoms with van der Waals surface area (Å²) < 4.78 is 0. The summed E-state index contributed by atoms with van der Waals surface area (Å²) in [7, 11) is 0. The van der Waals surface area contributed by atoms with E-state index in [9.17, 15) is 4.79 Å². The van der Waals surface area contributed by atoms with Crippen LogP contribution in [0.4, 0.5) is 0 Å². The summed E-state index contributed by atoms with van der Waals surface area (Å²) in [5.41, 5.74) is 0.563. The molecule has 0 amide bonds. The Morgan fingerprint density at radius 3 is 2.43 bits per heavy atom. The average molecular weight is 198 g/mol. The van der Waals surface area contributed by atoms with Gasteiger partial charge in [0.1, 0.15) is 0 Å². The number of unbranched alkanes of at least 4 members (excludes halogenated alkanes) is 1. The van der Waals surface area contributed by atoms with Gasteiger partial charge in [0.2, 0.25) is 0 Å². The van der Waals surface area contributed by atoms with Crippen molar-refractivity contribution in [1.82, 2.24) is 0 Å². The lowest BCUT2D eigenvalue weighted by atomic mass is 9.92. The first-order valence-electron chi connectivity index (χ1n) is 5.54. The molecule has 2 heteroatoms. The lowest BCUT2D eigenvalue weighted by molar-refractivity contribution is -0.132. The minimum absolute atomic E-state index is 0.539. The first kappa shape index (κ1) is 13.2. The monoisotopic (exact) mass is 198 g/mol. The predicted molar refractivity (Wildman–Crippen MR) is 59.3 cm³/mol. The third kappa shape index (κ3) is 5.05. The van der Waals surface area contributed by atoms with Crippen LogP contribution in [0, 0.1) is 5.92 Å². The summed E-state index contributed by atoms with van der Waals surface area (Å²) in [6.07, 6.45) is 7.06. The van der Waals surface area contributed by atoms with E-state index in [4.69, 9.17) is 5.11 Å². The molecule has 0 saturated heterocycles. The molecule has 0 saturated carbocycles. The highest BCUT2D eigenvalue weighted by atomic mass is 16.4. The van der Waals surface area contributed by atoms with Gasteiger partial charge in [0, 0.05) is 5.57 Å². The van der Waals surface area contributed by atoms with E-state index in [1.165, 1.54) is 12.8 Å². The molecule has 1 atom stereocenters. The Kier molecular flexibility index (Phi) is 7.17. The van der Waals surface area contributed by atoms with Crippen molar-refractivity contribution in [1.29, 1.82) is 0 Å². The standard InChI is InChI=1S/C12H22O2/c1-4-7-8-10(5-2)9-11(6-3)12(13)14/h6,10H,4-5,7-9H2,1-3H3,(H,13,14). The molecule has 0 aromatic heterocycles. The highest BCUT2D eigenvalue weighted by Gasteiger charge is 2.12. The van der Waals surface area contributed by atoms with Crippen LogP contribution >= 0.6 is 0 Å². The fraction of sp³-hybridized carbons (Fsp3) is 0.750. The van der Waals surface area contributed by atoms with Crippen LogP contribution < -0.4 is 0 Å². The second-order valence-corrected chi connectivity index (χ2v) is 3.74. The minimum atomic E-state index is -0.762. The Morgan fingerprint density at radius 1 is 1.43 bits per heavy atom. The van der Waals surface area contributed by atoms with Crippen molar-refractivity contribution in [3.05, 3.63) is 11.6 Å². The summed E-state index contributed by atoms with van der Waals surface area (Å²) in [6.45, 7) is 6.10. The van der Waals surface area contributed by atoms with E-state index in [2.05, 4.69) is 13.8 Å². The highest BCUT2D eigenvalue weighted by molar-refractivity contribution is 5.86. The van der Waals surface area contributed by atoms with Crippen molar-refractivity contribution in [2.75, 3.05) is 0 Å². The van der Waals surface area contributed by atoms with Gasteiger partial charge in [0.05, 0.1) is 0 Å². The van der Waals surface area contributed by atoms with Gasteiger partial charge in [-0.1, -0.05) is 45.6 Å². The van der Waals surface area contributed by atoms with Gasteiger partial charge < -0.3 is 5.11 Å². The van der Waals surface area contributed by atoms with Crippen LogP contribution in [0.25, 0.3) is 0 Å². The quantitative estimate of drug-likeness (QED) is 0.634. The Hall–Kier alpha value is -0.790. The van der Waals surface area contributed by atoms with Crippen LogP contribution in [0.2, 0.25) is 0 Å². The zero-order chi connectivity index (χ0) is 11.0. The summed E-state index contributed by atoms with van der Waals surface area (Å²) in [5.74, 6) is -0.223. The lowest BCUT2D eigenvalue weighted by Crippen LogP contribution is -2.07. The molecule has 0 spiro atoms. The zero-order valence-electron chi connectivity index (χ0n) is 9.55. The number of carboxylic acid groups (broad SMARTS) is 1. The number of hydrogen-bond acceptors (Lipinski definition) is 1. The Labute approximate surface area is 87.0 Å². The number of allylic oxidation sites excluding steroid dienone is 1. The predicted octanol–water partition coefficient (Wildman–Crippen LogP) is 3.62. The van der Waals surface area contributed by atoms with Gasteiger partial charge in [0.15, 0.2) is 0 Å². The second-order valence-electron chi connectivity index (χ2n) is 3.74. The summed E-state index contributed by atoms with van der Waals surface area (Å²) in [4.78, 5) is 10.8. The maximum absolute atomic E-state index is 10.8. The fourth-order valence-corrected chi connectivity index (χ4v) is 1.58. The topological polar surface area (TPSA) is 37.3 Å². The lowest BCUT2D eigenvalue weighted by Gasteiger charge is -2.14. The van der Waals surface area contributed by atoms with Crippen molar-refractivity contribution in [3.8, 4) is 0 Å². The van der Waals surface area contributed by atoms with Gasteiger partial charge in [-0.05, 0) is 19.3 Å². The van der Waals surface area contributed by atoms with Gasteiger partial charge in [-0.2, -0.15) is 0 Å². The van der Waals surface area contributed by atoms with Crippen molar-refractivity contribution < 1.29 is 9.90 Å². The fourth-order valence-electron chi connectivity index (χ4n) is 1.58. The van der Waals surface area contributed by atoms with Crippen molar-refractivity contribution >= 4 is 5.97 Å². The van der Waals surface area contributed by atoms with Crippen LogP contribution in [-0.2, 0) is 4.79 Å². The van der Waals surface area contributed by atoms with Gasteiger partial charge in [-0.3, -0.25) is 0 Å². The molecular formula is C12H22O2. The van der Waals surface area contributed by atoms with E-state index in [1.807, 2.05) is 0 Å². The van der Waals surface area contributed by atoms with E-state index >= 15 is 0 Å². The third-order valence-electron chi connectivity index (χ3n) is 2.68. The molecule has 0 heterocycles. The van der Waals surface area contributed by atoms with Gasteiger partial charge >= 0.3 is 5.97 Å². The first-order chi connectivity index (χ1) is 6.65. The van der Waals surface area contributed by atoms with E-state index in [0.29, 0.717) is 11.5 Å². The Balaban J connectivity index is 4.08. The summed E-state index contributed by atoms with van der Waals surface area (Å²) in [5, 5.41) is 8.87. The zero-order valence-corrected chi connectivity index (χ0v) is 9.55. The molecule has 82 valence electrons. The molecule has 2 nitrogen and oxygen atoms in total. The Bertz CT molecular complexity index is 194. The van der Waals surface area contributed by atoms with E-state index in [1.54, 1.807) is 13.0 Å². The molecular weight excluding hydrogens is 176 g/mol. The molecule has 0 aromatic carbocycles. The van der Waals surface area contributed by atoms with Crippen LogP contribution in [0.3, 0.4) is 0 Å².